The minimum atomic E-state index is -0.250. The highest BCUT2D eigenvalue weighted by Crippen LogP contribution is 2.19. The Labute approximate surface area is 128 Å². The smallest absolute Gasteiger partial charge is 0.119 e. The fraction of sp³-hybridized carbons (Fsp3) is 0.625. The lowest BCUT2D eigenvalue weighted by Gasteiger charge is -2.24. The molecule has 0 radical (unpaired) electrons. The molecule has 0 saturated carbocycles. The predicted molar refractivity (Wildman–Crippen MR) is 87.5 cm³/mol. The van der Waals surface area contributed by atoms with Gasteiger partial charge in [-0.25, -0.2) is 0 Å². The van der Waals surface area contributed by atoms with Gasteiger partial charge in [-0.05, 0) is 71.8 Å². The van der Waals surface area contributed by atoms with Crippen LogP contribution in [0.3, 0.4) is 0 Å². The van der Waals surface area contributed by atoms with Gasteiger partial charge in [0.1, 0.15) is 22.7 Å². The molecule has 0 fully saturated rings. The highest BCUT2D eigenvalue weighted by Gasteiger charge is 2.14. The van der Waals surface area contributed by atoms with Gasteiger partial charge in [-0.15, -0.1) is 0 Å². The zero-order valence-electron chi connectivity index (χ0n) is 13.8. The number of allylic oxidation sites excluding steroid dienone is 3. The molecule has 0 aromatic rings. The maximum atomic E-state index is 5.89. The van der Waals surface area contributed by atoms with Crippen LogP contribution >= 0.6 is 12.0 Å². The summed E-state index contributed by atoms with van der Waals surface area (Å²) in [7, 11) is 1.65. The summed E-state index contributed by atoms with van der Waals surface area (Å²) < 4.78 is 16.7. The van der Waals surface area contributed by atoms with E-state index >= 15 is 0 Å². The molecule has 0 aliphatic carbocycles. The molecule has 0 aromatic heterocycles. The number of hydrogen-bond acceptors (Lipinski definition) is 4. The Morgan fingerprint density at radius 1 is 1.00 bits per heavy atom. The summed E-state index contributed by atoms with van der Waals surface area (Å²) in [5.41, 5.74) is -0.493. The van der Waals surface area contributed by atoms with Crippen LogP contribution in [0.15, 0.2) is 36.3 Å². The van der Waals surface area contributed by atoms with Gasteiger partial charge in [0.05, 0.1) is 12.9 Å². The summed E-state index contributed by atoms with van der Waals surface area (Å²) >= 11 is 1.34. The molecule has 0 bridgehead atoms. The molecule has 4 heteroatoms. The fourth-order valence-electron chi connectivity index (χ4n) is 1.29. The first-order chi connectivity index (χ1) is 9.07. The molecular weight excluding hydrogens is 272 g/mol. The maximum absolute atomic E-state index is 5.89. The van der Waals surface area contributed by atoms with Crippen LogP contribution < -0.4 is 0 Å². The predicted octanol–water partition coefficient (Wildman–Crippen LogP) is 4.87. The van der Waals surface area contributed by atoms with Crippen molar-refractivity contribution in [3.8, 4) is 0 Å². The second-order valence-electron chi connectivity index (χ2n) is 6.26. The van der Waals surface area contributed by atoms with Gasteiger partial charge in [0.2, 0.25) is 0 Å². The molecule has 0 saturated heterocycles. The summed E-state index contributed by atoms with van der Waals surface area (Å²) in [6, 6.07) is 0. The monoisotopic (exact) mass is 300 g/mol. The van der Waals surface area contributed by atoms with Gasteiger partial charge in [-0.1, -0.05) is 6.58 Å². The molecule has 0 aliphatic heterocycles. The molecule has 0 aliphatic rings. The Kier molecular flexibility index (Phi) is 8.06. The second kappa shape index (κ2) is 8.42. The Hall–Kier alpha value is -0.870. The van der Waals surface area contributed by atoms with Gasteiger partial charge in [-0.3, -0.25) is 0 Å². The minimum Gasteiger partial charge on any atom is -0.492 e. The van der Waals surface area contributed by atoms with Gasteiger partial charge in [-0.2, -0.15) is 0 Å². The normalized spacial score (nSPS) is 14.2. The van der Waals surface area contributed by atoms with Gasteiger partial charge < -0.3 is 13.7 Å². The van der Waals surface area contributed by atoms with Crippen molar-refractivity contribution in [3.05, 3.63) is 36.3 Å². The number of ether oxygens (including phenoxy) is 2. The highest BCUT2D eigenvalue weighted by atomic mass is 32.2. The van der Waals surface area contributed by atoms with Crippen molar-refractivity contribution >= 4 is 12.0 Å². The Bertz CT molecular complexity index is 357. The van der Waals surface area contributed by atoms with Crippen molar-refractivity contribution in [3.63, 3.8) is 0 Å². The van der Waals surface area contributed by atoms with Crippen molar-refractivity contribution in [2.75, 3.05) is 12.9 Å². The van der Waals surface area contributed by atoms with E-state index in [9.17, 15) is 0 Å². The van der Waals surface area contributed by atoms with E-state index in [-0.39, 0.29) is 11.2 Å². The van der Waals surface area contributed by atoms with Gasteiger partial charge in [0, 0.05) is 0 Å². The Morgan fingerprint density at radius 3 is 1.95 bits per heavy atom. The number of rotatable bonds is 7. The average Bonchev–Trinajstić information content (AvgIpc) is 2.27. The molecule has 116 valence electrons. The van der Waals surface area contributed by atoms with Crippen molar-refractivity contribution in [1.29, 1.82) is 0 Å². The van der Waals surface area contributed by atoms with Crippen LogP contribution in [0.5, 0.6) is 0 Å². The quantitative estimate of drug-likeness (QED) is 0.381. The largest absolute Gasteiger partial charge is 0.492 e. The van der Waals surface area contributed by atoms with E-state index in [1.165, 1.54) is 12.0 Å². The SMILES string of the molecule is C=C/C(=C\C=C(/CSOC)OC(C)(C)C)OC(C)(C)C. The molecule has 0 rings (SSSR count). The van der Waals surface area contributed by atoms with Gasteiger partial charge in [0.15, 0.2) is 0 Å². The first-order valence-corrected chi connectivity index (χ1v) is 7.55. The van der Waals surface area contributed by atoms with E-state index in [1.807, 2.05) is 53.7 Å². The van der Waals surface area contributed by atoms with Crippen molar-refractivity contribution in [1.82, 2.24) is 0 Å². The summed E-state index contributed by atoms with van der Waals surface area (Å²) in [6.07, 6.45) is 5.47. The van der Waals surface area contributed by atoms with Gasteiger partial charge in [0.25, 0.3) is 0 Å². The summed E-state index contributed by atoms with van der Waals surface area (Å²) in [6.45, 7) is 15.8. The molecule has 0 N–H and O–H groups in total. The molecule has 0 atom stereocenters. The third kappa shape index (κ3) is 11.0. The zero-order chi connectivity index (χ0) is 15.8. The molecule has 0 aromatic carbocycles. The molecule has 0 heterocycles. The third-order valence-electron chi connectivity index (χ3n) is 1.82. The third-order valence-corrected chi connectivity index (χ3v) is 2.45. The number of hydrogen-bond donors (Lipinski definition) is 0. The van der Waals surface area contributed by atoms with Crippen molar-refractivity contribution < 1.29 is 13.7 Å². The Balaban J connectivity index is 4.98. The van der Waals surface area contributed by atoms with E-state index in [1.54, 1.807) is 13.2 Å². The van der Waals surface area contributed by atoms with Crippen LogP contribution in [0.25, 0.3) is 0 Å². The van der Waals surface area contributed by atoms with Crippen LogP contribution in [0.4, 0.5) is 0 Å². The molecule has 0 amide bonds. The van der Waals surface area contributed by atoms with Crippen LogP contribution in [-0.4, -0.2) is 24.1 Å². The van der Waals surface area contributed by atoms with Crippen molar-refractivity contribution in [2.24, 2.45) is 0 Å². The van der Waals surface area contributed by atoms with Gasteiger partial charge >= 0.3 is 0 Å². The summed E-state index contributed by atoms with van der Waals surface area (Å²) in [5, 5.41) is 0. The molecule has 0 unspecified atom stereocenters. The first-order valence-electron chi connectivity index (χ1n) is 6.64. The second-order valence-corrected chi connectivity index (χ2v) is 7.12. The average molecular weight is 300 g/mol. The van der Waals surface area contributed by atoms with E-state index in [2.05, 4.69) is 6.58 Å². The Morgan fingerprint density at radius 2 is 1.55 bits per heavy atom. The maximum Gasteiger partial charge on any atom is 0.119 e. The van der Waals surface area contributed by atoms with Crippen molar-refractivity contribution in [2.45, 2.75) is 52.7 Å². The fourth-order valence-corrected chi connectivity index (χ4v) is 1.68. The minimum absolute atomic E-state index is 0.243. The lowest BCUT2D eigenvalue weighted by Crippen LogP contribution is -2.20. The molecule has 20 heavy (non-hydrogen) atoms. The molecule has 0 spiro atoms. The van der Waals surface area contributed by atoms with E-state index in [0.29, 0.717) is 5.75 Å². The lowest BCUT2D eigenvalue weighted by atomic mass is 10.2. The summed E-state index contributed by atoms with van der Waals surface area (Å²) in [5.74, 6) is 2.20. The van der Waals surface area contributed by atoms with Crippen LogP contribution in [0, 0.1) is 0 Å². The van der Waals surface area contributed by atoms with Crippen LogP contribution in [0.2, 0.25) is 0 Å². The van der Waals surface area contributed by atoms with E-state index < -0.39 is 0 Å². The standard InChI is InChI=1S/C16H28O3S/c1-9-13(18-15(2,3)4)10-11-14(12-20-17-8)19-16(5,6)7/h9-11H,1,12H2,2-8H3/b13-10+,14-11+. The zero-order valence-corrected chi connectivity index (χ0v) is 14.6. The summed E-state index contributed by atoms with van der Waals surface area (Å²) in [4.78, 5) is 0. The molecule has 3 nitrogen and oxygen atoms in total. The first kappa shape index (κ1) is 19.1. The highest BCUT2D eigenvalue weighted by molar-refractivity contribution is 7.94. The van der Waals surface area contributed by atoms with E-state index in [4.69, 9.17) is 13.7 Å². The molecular formula is C16H28O3S. The van der Waals surface area contributed by atoms with Crippen LogP contribution in [0.1, 0.15) is 41.5 Å². The lowest BCUT2D eigenvalue weighted by molar-refractivity contribution is 0.0528. The van der Waals surface area contributed by atoms with Crippen LogP contribution in [-0.2, 0) is 13.7 Å². The van der Waals surface area contributed by atoms with E-state index in [0.717, 1.165) is 11.5 Å². The topological polar surface area (TPSA) is 27.7 Å².